The molecule has 0 amide bonds. The van der Waals surface area contributed by atoms with E-state index in [1.54, 1.807) is 12.1 Å². The Morgan fingerprint density at radius 3 is 2.36 bits per heavy atom. The van der Waals surface area contributed by atoms with Crippen LogP contribution in [0.15, 0.2) is 24.3 Å². The molecule has 0 N–H and O–H groups in total. The minimum absolute atomic E-state index is 0.154. The first-order valence-electron chi connectivity index (χ1n) is 7.33. The van der Waals surface area contributed by atoms with Gasteiger partial charge in [0.15, 0.2) is 5.78 Å². The second-order valence-electron chi connectivity index (χ2n) is 6.22. The van der Waals surface area contributed by atoms with Gasteiger partial charge in [0, 0.05) is 5.02 Å². The van der Waals surface area contributed by atoms with E-state index in [0.717, 1.165) is 5.56 Å². The predicted octanol–water partition coefficient (Wildman–Crippen LogP) is 4.04. The summed E-state index contributed by atoms with van der Waals surface area (Å²) in [5.74, 6) is -0.858. The van der Waals surface area contributed by atoms with Gasteiger partial charge in [0.2, 0.25) is 0 Å². The maximum Gasteiger partial charge on any atom is 0.319 e. The van der Waals surface area contributed by atoms with Crippen molar-refractivity contribution in [1.82, 2.24) is 0 Å². The number of methoxy groups -OCH3 is 1. The van der Waals surface area contributed by atoms with E-state index >= 15 is 0 Å². The number of Topliss-reactive ketones (excluding diaryl/α,β-unsaturated/α-hetero) is 1. The third-order valence-electron chi connectivity index (χ3n) is 4.66. The average Bonchev–Trinajstić information content (AvgIpc) is 2.74. The van der Waals surface area contributed by atoms with Gasteiger partial charge in [-0.25, -0.2) is 0 Å². The minimum Gasteiger partial charge on any atom is -0.468 e. The van der Waals surface area contributed by atoms with Crippen molar-refractivity contribution in [2.45, 2.75) is 38.0 Å². The molecule has 0 aliphatic heterocycles. The number of ether oxygens (including phenoxy) is 1. The van der Waals surface area contributed by atoms with Crippen LogP contribution in [-0.2, 0) is 20.7 Å². The largest absolute Gasteiger partial charge is 0.468 e. The Labute approximate surface area is 140 Å². The lowest BCUT2D eigenvalue weighted by Gasteiger charge is -2.30. The molecule has 3 nitrogen and oxygen atoms in total. The first-order valence-corrected chi connectivity index (χ1v) is 8.08. The lowest BCUT2D eigenvalue weighted by molar-refractivity contribution is -0.160. The van der Waals surface area contributed by atoms with Gasteiger partial charge >= 0.3 is 5.97 Å². The topological polar surface area (TPSA) is 43.4 Å². The molecular formula is C17H20Cl2O3. The van der Waals surface area contributed by atoms with Gasteiger partial charge in [-0.3, -0.25) is 9.59 Å². The molecule has 1 aromatic rings. The molecule has 2 rings (SSSR count). The summed E-state index contributed by atoms with van der Waals surface area (Å²) in [7, 11) is 1.31. The smallest absolute Gasteiger partial charge is 0.319 e. The van der Waals surface area contributed by atoms with E-state index in [4.69, 9.17) is 27.9 Å². The summed E-state index contributed by atoms with van der Waals surface area (Å²) in [5, 5.41) is 0.635. The molecule has 1 saturated carbocycles. The number of benzene rings is 1. The maximum atomic E-state index is 13.0. The highest BCUT2D eigenvalue weighted by Gasteiger charge is 2.61. The van der Waals surface area contributed by atoms with Crippen LogP contribution >= 0.6 is 23.2 Å². The van der Waals surface area contributed by atoms with Gasteiger partial charge in [0.05, 0.1) is 7.11 Å². The number of carbonyl (C=O) groups excluding carboxylic acids is 2. The molecule has 1 aliphatic rings. The van der Waals surface area contributed by atoms with E-state index in [2.05, 4.69) is 0 Å². The maximum absolute atomic E-state index is 13.0. The lowest BCUT2D eigenvalue weighted by Crippen LogP contribution is -2.47. The molecule has 0 aromatic heterocycles. The number of carbonyl (C=O) groups is 2. The summed E-state index contributed by atoms with van der Waals surface area (Å²) < 4.78 is 4.89. The second-order valence-corrected chi connectivity index (χ2v) is 7.38. The Kier molecular flexibility index (Phi) is 4.88. The molecule has 22 heavy (non-hydrogen) atoms. The fourth-order valence-electron chi connectivity index (χ4n) is 3.28. The molecule has 0 spiro atoms. The van der Waals surface area contributed by atoms with Crippen molar-refractivity contribution in [2.24, 2.45) is 11.3 Å². The van der Waals surface area contributed by atoms with Crippen molar-refractivity contribution >= 4 is 35.0 Å². The quantitative estimate of drug-likeness (QED) is 0.471. The van der Waals surface area contributed by atoms with Crippen LogP contribution in [0.1, 0.15) is 32.3 Å². The number of rotatable bonds is 4. The first-order chi connectivity index (χ1) is 10.3. The highest BCUT2D eigenvalue weighted by Crippen LogP contribution is 2.50. The molecular weight excluding hydrogens is 323 g/mol. The fraction of sp³-hybridized carbons (Fsp3) is 0.529. The van der Waals surface area contributed by atoms with E-state index in [1.807, 2.05) is 26.0 Å². The summed E-state index contributed by atoms with van der Waals surface area (Å²) in [5.41, 5.74) is -0.208. The molecule has 2 atom stereocenters. The summed E-state index contributed by atoms with van der Waals surface area (Å²) in [6.07, 6.45) is 1.27. The van der Waals surface area contributed by atoms with E-state index in [-0.39, 0.29) is 11.7 Å². The van der Waals surface area contributed by atoms with Crippen molar-refractivity contribution in [1.29, 1.82) is 0 Å². The average molecular weight is 343 g/mol. The summed E-state index contributed by atoms with van der Waals surface area (Å²) in [4.78, 5) is 24.2. The fourth-order valence-corrected chi connectivity index (χ4v) is 3.82. The van der Waals surface area contributed by atoms with Crippen molar-refractivity contribution in [3.63, 3.8) is 0 Å². The van der Waals surface area contributed by atoms with E-state index in [1.165, 1.54) is 7.11 Å². The molecule has 0 bridgehead atoms. The summed E-state index contributed by atoms with van der Waals surface area (Å²) in [6.45, 7) is 3.72. The SMILES string of the molecule is COC(=O)C1(C(C)C)CCC(Cl)(Cc2ccc(Cl)cc2)C1=O. The second kappa shape index (κ2) is 6.21. The van der Waals surface area contributed by atoms with Gasteiger partial charge in [0.25, 0.3) is 0 Å². The number of ketones is 1. The number of esters is 1. The van der Waals surface area contributed by atoms with Crippen molar-refractivity contribution in [2.75, 3.05) is 7.11 Å². The van der Waals surface area contributed by atoms with Crippen molar-refractivity contribution in [3.8, 4) is 0 Å². The molecule has 2 unspecified atom stereocenters. The van der Waals surface area contributed by atoms with Crippen LogP contribution in [0.2, 0.25) is 5.02 Å². The van der Waals surface area contributed by atoms with Gasteiger partial charge < -0.3 is 4.74 Å². The number of alkyl halides is 1. The van der Waals surface area contributed by atoms with Crippen molar-refractivity contribution in [3.05, 3.63) is 34.9 Å². The van der Waals surface area contributed by atoms with Crippen LogP contribution in [-0.4, -0.2) is 23.7 Å². The van der Waals surface area contributed by atoms with Crippen LogP contribution in [0.25, 0.3) is 0 Å². The highest BCUT2D eigenvalue weighted by atomic mass is 35.5. The van der Waals surface area contributed by atoms with Crippen LogP contribution in [0.3, 0.4) is 0 Å². The standard InChI is InChI=1S/C17H20Cl2O3/c1-11(2)17(15(21)22-3)9-8-16(19,14(17)20)10-12-4-6-13(18)7-5-12/h4-7,11H,8-10H2,1-3H3. The van der Waals surface area contributed by atoms with Gasteiger partial charge in [-0.2, -0.15) is 0 Å². The molecule has 1 aliphatic carbocycles. The van der Waals surface area contributed by atoms with E-state index in [0.29, 0.717) is 24.3 Å². The molecule has 1 aromatic carbocycles. The Hall–Kier alpha value is -1.06. The van der Waals surface area contributed by atoms with Gasteiger partial charge in [-0.05, 0) is 42.9 Å². The summed E-state index contributed by atoms with van der Waals surface area (Å²) in [6, 6.07) is 7.25. The van der Waals surface area contributed by atoms with Gasteiger partial charge in [0.1, 0.15) is 10.3 Å². The van der Waals surface area contributed by atoms with E-state index < -0.39 is 16.3 Å². The van der Waals surface area contributed by atoms with Crippen LogP contribution < -0.4 is 0 Å². The third-order valence-corrected chi connectivity index (χ3v) is 5.41. The third kappa shape index (κ3) is 2.77. The number of hydrogen-bond donors (Lipinski definition) is 0. The molecule has 0 radical (unpaired) electrons. The minimum atomic E-state index is -1.14. The summed E-state index contributed by atoms with van der Waals surface area (Å²) >= 11 is 12.5. The molecule has 0 heterocycles. The zero-order valence-electron chi connectivity index (χ0n) is 13.0. The zero-order chi connectivity index (χ0) is 16.5. The number of halogens is 2. The normalized spacial score (nSPS) is 28.2. The van der Waals surface area contributed by atoms with Crippen LogP contribution in [0.4, 0.5) is 0 Å². The molecule has 5 heteroatoms. The molecule has 0 saturated heterocycles. The van der Waals surface area contributed by atoms with Gasteiger partial charge in [-0.15, -0.1) is 11.6 Å². The Morgan fingerprint density at radius 2 is 1.86 bits per heavy atom. The van der Waals surface area contributed by atoms with E-state index in [9.17, 15) is 9.59 Å². The predicted molar refractivity (Wildman–Crippen MR) is 87.3 cm³/mol. The Morgan fingerprint density at radius 1 is 1.27 bits per heavy atom. The highest BCUT2D eigenvalue weighted by molar-refractivity contribution is 6.39. The molecule has 1 fully saturated rings. The monoisotopic (exact) mass is 342 g/mol. The Balaban J connectivity index is 2.32. The lowest BCUT2D eigenvalue weighted by atomic mass is 9.73. The number of hydrogen-bond acceptors (Lipinski definition) is 3. The van der Waals surface area contributed by atoms with Gasteiger partial charge in [-0.1, -0.05) is 37.6 Å². The van der Waals surface area contributed by atoms with Crippen LogP contribution in [0, 0.1) is 11.3 Å². The Bertz CT molecular complexity index is 582. The van der Waals surface area contributed by atoms with Crippen LogP contribution in [0.5, 0.6) is 0 Å². The zero-order valence-corrected chi connectivity index (χ0v) is 14.5. The first kappa shape index (κ1) is 17.3. The van der Waals surface area contributed by atoms with Crippen molar-refractivity contribution < 1.29 is 14.3 Å². The molecule has 120 valence electrons.